The lowest BCUT2D eigenvalue weighted by molar-refractivity contribution is 0.0600. The van der Waals surface area contributed by atoms with Gasteiger partial charge in [0.15, 0.2) is 0 Å². The first-order chi connectivity index (χ1) is 10.2. The lowest BCUT2D eigenvalue weighted by Crippen LogP contribution is -2.14. The van der Waals surface area contributed by atoms with Crippen LogP contribution >= 0.6 is 0 Å². The maximum atomic E-state index is 11.3. The van der Waals surface area contributed by atoms with E-state index in [1.165, 1.54) is 25.5 Å². The van der Waals surface area contributed by atoms with Crippen LogP contribution in [0.15, 0.2) is 36.8 Å². The first-order valence-corrected chi connectivity index (χ1v) is 7.16. The average Bonchev–Trinajstić information content (AvgIpc) is 3.25. The predicted molar refractivity (Wildman–Crippen MR) is 79.0 cm³/mol. The number of esters is 1. The average molecular weight is 285 g/mol. The van der Waals surface area contributed by atoms with Crippen molar-refractivity contribution in [2.75, 3.05) is 7.11 Å². The molecule has 1 aliphatic carbocycles. The fraction of sp³-hybridized carbons (Fsp3) is 0.375. The maximum Gasteiger partial charge on any atom is 0.339 e. The minimum atomic E-state index is -0.358. The third kappa shape index (κ3) is 3.70. The van der Waals surface area contributed by atoms with Crippen molar-refractivity contribution < 1.29 is 9.53 Å². The van der Waals surface area contributed by atoms with Crippen LogP contribution in [-0.4, -0.2) is 28.7 Å². The molecular weight excluding hydrogens is 266 g/mol. The van der Waals surface area contributed by atoms with E-state index in [-0.39, 0.29) is 5.97 Å². The van der Waals surface area contributed by atoms with E-state index in [0.29, 0.717) is 12.1 Å². The second kappa shape index (κ2) is 6.10. The van der Waals surface area contributed by atoms with Gasteiger partial charge in [-0.3, -0.25) is 4.98 Å². The Kier molecular flexibility index (Phi) is 4.01. The molecule has 0 radical (unpaired) electrons. The SMILES string of the molecule is COC(=O)c1ccc(Cn2ccc(CNC3CC3)c2)nc1. The Morgan fingerprint density at radius 2 is 2.29 bits per heavy atom. The fourth-order valence-electron chi connectivity index (χ4n) is 2.19. The van der Waals surface area contributed by atoms with Crippen LogP contribution in [-0.2, 0) is 17.8 Å². The number of nitrogens with zero attached hydrogens (tertiary/aromatic N) is 2. The molecule has 0 amide bonds. The van der Waals surface area contributed by atoms with Gasteiger partial charge in [0.2, 0.25) is 0 Å². The van der Waals surface area contributed by atoms with E-state index in [4.69, 9.17) is 0 Å². The second-order valence-electron chi connectivity index (χ2n) is 5.38. The Morgan fingerprint density at radius 1 is 1.43 bits per heavy atom. The van der Waals surface area contributed by atoms with Crippen LogP contribution in [0.5, 0.6) is 0 Å². The molecule has 110 valence electrons. The Balaban J connectivity index is 1.59. The van der Waals surface area contributed by atoms with Crippen molar-refractivity contribution >= 4 is 5.97 Å². The third-order valence-electron chi connectivity index (χ3n) is 3.57. The molecule has 2 aromatic rings. The van der Waals surface area contributed by atoms with E-state index in [9.17, 15) is 4.79 Å². The molecule has 1 aliphatic rings. The topological polar surface area (TPSA) is 56.1 Å². The first kappa shape index (κ1) is 13.8. The zero-order chi connectivity index (χ0) is 14.7. The van der Waals surface area contributed by atoms with Gasteiger partial charge in [-0.1, -0.05) is 0 Å². The molecule has 0 saturated heterocycles. The molecule has 0 unspecified atom stereocenters. The number of carbonyl (C=O) groups excluding carboxylic acids is 1. The standard InChI is InChI=1S/C16H19N3O2/c1-21-16(20)13-2-3-15(18-9-13)11-19-7-6-12(10-19)8-17-14-4-5-14/h2-3,6-7,9-10,14,17H,4-5,8,11H2,1H3. The number of carbonyl (C=O) groups is 1. The summed E-state index contributed by atoms with van der Waals surface area (Å²) in [7, 11) is 1.37. The quantitative estimate of drug-likeness (QED) is 0.824. The third-order valence-corrected chi connectivity index (χ3v) is 3.57. The van der Waals surface area contributed by atoms with E-state index in [0.717, 1.165) is 18.3 Å². The van der Waals surface area contributed by atoms with Crippen molar-refractivity contribution in [2.24, 2.45) is 0 Å². The molecule has 5 nitrogen and oxygen atoms in total. The Morgan fingerprint density at radius 3 is 2.95 bits per heavy atom. The van der Waals surface area contributed by atoms with Crippen molar-refractivity contribution in [3.05, 3.63) is 53.6 Å². The van der Waals surface area contributed by atoms with E-state index < -0.39 is 0 Å². The van der Waals surface area contributed by atoms with Crippen molar-refractivity contribution in [3.8, 4) is 0 Å². The van der Waals surface area contributed by atoms with Crippen LogP contribution in [0.4, 0.5) is 0 Å². The van der Waals surface area contributed by atoms with Gasteiger partial charge >= 0.3 is 5.97 Å². The molecule has 5 heteroatoms. The molecule has 21 heavy (non-hydrogen) atoms. The van der Waals surface area contributed by atoms with Gasteiger partial charge in [0.05, 0.1) is 24.9 Å². The Hall–Kier alpha value is -2.14. The molecule has 1 saturated carbocycles. The summed E-state index contributed by atoms with van der Waals surface area (Å²) < 4.78 is 6.76. The van der Waals surface area contributed by atoms with Crippen LogP contribution in [0.1, 0.15) is 34.5 Å². The summed E-state index contributed by atoms with van der Waals surface area (Å²) in [6.07, 6.45) is 8.35. The Labute approximate surface area is 124 Å². The monoisotopic (exact) mass is 285 g/mol. The van der Waals surface area contributed by atoms with Gasteiger partial charge in [0.1, 0.15) is 0 Å². The second-order valence-corrected chi connectivity index (χ2v) is 5.38. The van der Waals surface area contributed by atoms with Gasteiger partial charge in [-0.25, -0.2) is 4.79 Å². The Bertz CT molecular complexity index is 615. The summed E-state index contributed by atoms with van der Waals surface area (Å²) in [5.41, 5.74) is 2.68. The highest BCUT2D eigenvalue weighted by Gasteiger charge is 2.19. The van der Waals surface area contributed by atoms with Crippen LogP contribution < -0.4 is 5.32 Å². The van der Waals surface area contributed by atoms with Gasteiger partial charge < -0.3 is 14.6 Å². The van der Waals surface area contributed by atoms with Gasteiger partial charge in [0, 0.05) is 31.2 Å². The number of ether oxygens (including phenoxy) is 1. The largest absolute Gasteiger partial charge is 0.465 e. The van der Waals surface area contributed by atoms with E-state index >= 15 is 0 Å². The lowest BCUT2D eigenvalue weighted by atomic mass is 10.2. The molecule has 0 atom stereocenters. The number of pyridine rings is 1. The van der Waals surface area contributed by atoms with Crippen LogP contribution in [0.3, 0.4) is 0 Å². The number of rotatable bonds is 6. The molecule has 0 bridgehead atoms. The number of nitrogens with one attached hydrogen (secondary N) is 1. The van der Waals surface area contributed by atoms with Crippen LogP contribution in [0.25, 0.3) is 0 Å². The fourth-order valence-corrected chi connectivity index (χ4v) is 2.19. The predicted octanol–water partition coefficient (Wildman–Crippen LogP) is 1.97. The van der Waals surface area contributed by atoms with E-state index in [1.54, 1.807) is 12.3 Å². The maximum absolute atomic E-state index is 11.3. The van der Waals surface area contributed by atoms with Gasteiger partial charge in [-0.2, -0.15) is 0 Å². The normalized spacial score (nSPS) is 14.1. The number of hydrogen-bond donors (Lipinski definition) is 1. The molecule has 1 fully saturated rings. The number of methoxy groups -OCH3 is 1. The highest BCUT2D eigenvalue weighted by atomic mass is 16.5. The van der Waals surface area contributed by atoms with Crippen molar-refractivity contribution in [2.45, 2.75) is 32.0 Å². The number of hydrogen-bond acceptors (Lipinski definition) is 4. The molecule has 2 heterocycles. The summed E-state index contributed by atoms with van der Waals surface area (Å²) in [5, 5.41) is 3.50. The van der Waals surface area contributed by atoms with E-state index in [1.807, 2.05) is 6.07 Å². The zero-order valence-corrected chi connectivity index (χ0v) is 12.1. The van der Waals surface area contributed by atoms with Gasteiger partial charge in [0.25, 0.3) is 0 Å². The highest BCUT2D eigenvalue weighted by Crippen LogP contribution is 2.19. The minimum Gasteiger partial charge on any atom is -0.465 e. The highest BCUT2D eigenvalue weighted by molar-refractivity contribution is 5.88. The van der Waals surface area contributed by atoms with Crippen LogP contribution in [0.2, 0.25) is 0 Å². The minimum absolute atomic E-state index is 0.358. The zero-order valence-electron chi connectivity index (χ0n) is 12.1. The van der Waals surface area contributed by atoms with Crippen LogP contribution in [0, 0.1) is 0 Å². The first-order valence-electron chi connectivity index (χ1n) is 7.16. The molecular formula is C16H19N3O2. The molecule has 2 aromatic heterocycles. The van der Waals surface area contributed by atoms with Crippen molar-refractivity contribution in [1.29, 1.82) is 0 Å². The van der Waals surface area contributed by atoms with E-state index in [2.05, 4.69) is 38.1 Å². The molecule has 0 spiro atoms. The summed E-state index contributed by atoms with van der Waals surface area (Å²) >= 11 is 0. The summed E-state index contributed by atoms with van der Waals surface area (Å²) in [5.74, 6) is -0.358. The summed E-state index contributed by atoms with van der Waals surface area (Å²) in [4.78, 5) is 15.6. The smallest absolute Gasteiger partial charge is 0.339 e. The van der Waals surface area contributed by atoms with Crippen molar-refractivity contribution in [3.63, 3.8) is 0 Å². The summed E-state index contributed by atoms with van der Waals surface area (Å²) in [6.45, 7) is 1.62. The van der Waals surface area contributed by atoms with Crippen molar-refractivity contribution in [1.82, 2.24) is 14.9 Å². The molecule has 0 aromatic carbocycles. The van der Waals surface area contributed by atoms with Gasteiger partial charge in [-0.05, 0) is 36.6 Å². The van der Waals surface area contributed by atoms with Gasteiger partial charge in [-0.15, -0.1) is 0 Å². The molecule has 0 aliphatic heterocycles. The molecule has 1 N–H and O–H groups in total. The molecule has 3 rings (SSSR count). The lowest BCUT2D eigenvalue weighted by Gasteiger charge is -2.04. The number of aromatic nitrogens is 2. The summed E-state index contributed by atoms with van der Waals surface area (Å²) in [6, 6.07) is 6.45.